The van der Waals surface area contributed by atoms with Gasteiger partial charge in [-0.2, -0.15) is 0 Å². The van der Waals surface area contributed by atoms with Gasteiger partial charge in [-0.15, -0.1) is 0 Å². The molecule has 23 heavy (non-hydrogen) atoms. The minimum absolute atomic E-state index is 1.01. The second-order valence-corrected chi connectivity index (χ2v) is 5.74. The van der Waals surface area contributed by atoms with Crippen LogP contribution in [0.5, 0.6) is 0 Å². The first kappa shape index (κ1) is 12.4. The molecule has 5 rings (SSSR count). The number of rotatable bonds is 1. The highest BCUT2D eigenvalue weighted by molar-refractivity contribution is 6.11. The summed E-state index contributed by atoms with van der Waals surface area (Å²) in [7, 11) is 0. The molecule has 0 spiro atoms. The van der Waals surface area contributed by atoms with Crippen molar-refractivity contribution in [2.75, 3.05) is 0 Å². The number of hydrogen-bond acceptors (Lipinski definition) is 1. The summed E-state index contributed by atoms with van der Waals surface area (Å²) < 4.78 is 2.25. The third-order valence-electron chi connectivity index (χ3n) is 4.37. The molecule has 2 heterocycles. The average Bonchev–Trinajstić information content (AvgIpc) is 2.94. The Balaban J connectivity index is 2.03. The van der Waals surface area contributed by atoms with Gasteiger partial charge in [0.05, 0.1) is 11.0 Å². The van der Waals surface area contributed by atoms with Crippen LogP contribution in [-0.2, 0) is 0 Å². The summed E-state index contributed by atoms with van der Waals surface area (Å²) in [6.07, 6.45) is 0. The molecular formula is C21H14N2. The van der Waals surface area contributed by atoms with Crippen LogP contribution in [-0.4, -0.2) is 9.55 Å². The molecule has 2 nitrogen and oxygen atoms in total. The van der Waals surface area contributed by atoms with Crippen LogP contribution in [0.3, 0.4) is 0 Å². The largest absolute Gasteiger partial charge is 0.294 e. The quantitative estimate of drug-likeness (QED) is 0.408. The molecule has 0 unspecified atom stereocenters. The molecule has 0 saturated heterocycles. The van der Waals surface area contributed by atoms with E-state index in [2.05, 4.69) is 77.4 Å². The van der Waals surface area contributed by atoms with Crippen LogP contribution < -0.4 is 0 Å². The van der Waals surface area contributed by atoms with Crippen molar-refractivity contribution in [1.82, 2.24) is 9.55 Å². The van der Waals surface area contributed by atoms with Gasteiger partial charge >= 0.3 is 0 Å². The van der Waals surface area contributed by atoms with Crippen LogP contribution in [0.2, 0.25) is 0 Å². The topological polar surface area (TPSA) is 17.8 Å². The Kier molecular flexibility index (Phi) is 2.53. The molecule has 2 aromatic heterocycles. The van der Waals surface area contributed by atoms with Crippen LogP contribution in [0.15, 0.2) is 84.9 Å². The number of nitrogens with zero attached hydrogens (tertiary/aromatic N) is 2. The van der Waals surface area contributed by atoms with Gasteiger partial charge in [0.1, 0.15) is 5.65 Å². The highest BCUT2D eigenvalue weighted by Crippen LogP contribution is 2.32. The maximum absolute atomic E-state index is 4.95. The summed E-state index contributed by atoms with van der Waals surface area (Å²) >= 11 is 0. The van der Waals surface area contributed by atoms with Gasteiger partial charge in [0.15, 0.2) is 0 Å². The van der Waals surface area contributed by atoms with Crippen molar-refractivity contribution in [3.8, 4) is 5.69 Å². The number of para-hydroxylation sites is 3. The standard InChI is InChI=1S/C21H14N2/c1-2-9-16(10-3-1)23-20-13-7-5-11-17(20)18-14-15-8-4-6-12-19(15)22-21(18)23/h1-14H. The highest BCUT2D eigenvalue weighted by Gasteiger charge is 2.13. The van der Waals surface area contributed by atoms with Gasteiger partial charge in [0.2, 0.25) is 0 Å². The zero-order valence-electron chi connectivity index (χ0n) is 12.5. The average molecular weight is 294 g/mol. The summed E-state index contributed by atoms with van der Waals surface area (Å²) in [5.41, 5.74) is 4.37. The number of hydrogen-bond donors (Lipinski definition) is 0. The molecule has 0 N–H and O–H groups in total. The Labute approximate surface area is 133 Å². The minimum Gasteiger partial charge on any atom is -0.294 e. The lowest BCUT2D eigenvalue weighted by Crippen LogP contribution is -1.95. The predicted octanol–water partition coefficient (Wildman–Crippen LogP) is 5.33. The lowest BCUT2D eigenvalue weighted by Gasteiger charge is -2.07. The summed E-state index contributed by atoms with van der Waals surface area (Å²) in [6, 6.07) is 29.5. The summed E-state index contributed by atoms with van der Waals surface area (Å²) in [5, 5.41) is 3.61. The molecule has 0 bridgehead atoms. The van der Waals surface area contributed by atoms with Crippen molar-refractivity contribution in [1.29, 1.82) is 0 Å². The van der Waals surface area contributed by atoms with Crippen molar-refractivity contribution in [2.45, 2.75) is 0 Å². The minimum atomic E-state index is 1.01. The van der Waals surface area contributed by atoms with Crippen molar-refractivity contribution in [3.05, 3.63) is 84.9 Å². The molecule has 0 saturated carbocycles. The predicted molar refractivity (Wildman–Crippen MR) is 96.1 cm³/mol. The number of fused-ring (bicyclic) bond motifs is 4. The van der Waals surface area contributed by atoms with E-state index in [4.69, 9.17) is 4.98 Å². The Bertz CT molecular complexity index is 1150. The molecule has 0 aliphatic rings. The zero-order valence-corrected chi connectivity index (χ0v) is 12.5. The SMILES string of the molecule is c1ccc(-n2c3ccccc3c3cc4ccccc4nc32)cc1. The van der Waals surface area contributed by atoms with Crippen molar-refractivity contribution in [2.24, 2.45) is 0 Å². The smallest absolute Gasteiger partial charge is 0.146 e. The lowest BCUT2D eigenvalue weighted by atomic mass is 10.1. The number of aromatic nitrogens is 2. The van der Waals surface area contributed by atoms with E-state index in [-0.39, 0.29) is 0 Å². The van der Waals surface area contributed by atoms with Gasteiger partial charge in [-0.1, -0.05) is 54.6 Å². The van der Waals surface area contributed by atoms with Crippen molar-refractivity contribution >= 4 is 32.8 Å². The molecule has 0 aliphatic carbocycles. The fourth-order valence-electron chi connectivity index (χ4n) is 3.32. The summed E-state index contributed by atoms with van der Waals surface area (Å²) in [6.45, 7) is 0. The molecule has 3 aromatic carbocycles. The molecule has 0 atom stereocenters. The lowest BCUT2D eigenvalue weighted by molar-refractivity contribution is 1.15. The monoisotopic (exact) mass is 294 g/mol. The van der Waals surface area contributed by atoms with E-state index < -0.39 is 0 Å². The molecule has 108 valence electrons. The first-order chi connectivity index (χ1) is 11.4. The maximum Gasteiger partial charge on any atom is 0.146 e. The third kappa shape index (κ3) is 1.78. The molecule has 0 amide bonds. The summed E-state index contributed by atoms with van der Waals surface area (Å²) in [5.74, 6) is 0. The Morgan fingerprint density at radius 1 is 0.652 bits per heavy atom. The number of benzene rings is 3. The Morgan fingerprint density at radius 3 is 2.30 bits per heavy atom. The van der Waals surface area contributed by atoms with E-state index in [0.29, 0.717) is 0 Å². The van der Waals surface area contributed by atoms with Gasteiger partial charge in [0, 0.05) is 21.8 Å². The fraction of sp³-hybridized carbons (Fsp3) is 0. The second kappa shape index (κ2) is 4.68. The molecular weight excluding hydrogens is 280 g/mol. The maximum atomic E-state index is 4.95. The van der Waals surface area contributed by atoms with E-state index in [0.717, 1.165) is 16.9 Å². The normalized spacial score (nSPS) is 11.5. The van der Waals surface area contributed by atoms with E-state index >= 15 is 0 Å². The molecule has 0 fully saturated rings. The van der Waals surface area contributed by atoms with Crippen LogP contribution in [0.4, 0.5) is 0 Å². The molecule has 2 heteroatoms. The Hall–Kier alpha value is -3.13. The first-order valence-electron chi connectivity index (χ1n) is 7.76. The summed E-state index contributed by atoms with van der Waals surface area (Å²) in [4.78, 5) is 4.95. The van der Waals surface area contributed by atoms with Gasteiger partial charge in [0.25, 0.3) is 0 Å². The van der Waals surface area contributed by atoms with E-state index in [1.165, 1.54) is 21.7 Å². The van der Waals surface area contributed by atoms with Gasteiger partial charge in [-0.25, -0.2) is 4.98 Å². The zero-order chi connectivity index (χ0) is 15.2. The van der Waals surface area contributed by atoms with E-state index in [1.54, 1.807) is 0 Å². The third-order valence-corrected chi connectivity index (χ3v) is 4.37. The molecule has 0 aliphatic heterocycles. The van der Waals surface area contributed by atoms with Crippen molar-refractivity contribution < 1.29 is 0 Å². The van der Waals surface area contributed by atoms with E-state index in [9.17, 15) is 0 Å². The molecule has 0 radical (unpaired) electrons. The van der Waals surface area contributed by atoms with E-state index in [1.807, 2.05) is 12.1 Å². The van der Waals surface area contributed by atoms with Crippen LogP contribution in [0.25, 0.3) is 38.5 Å². The van der Waals surface area contributed by atoms with Gasteiger partial charge in [-0.3, -0.25) is 4.57 Å². The van der Waals surface area contributed by atoms with Gasteiger partial charge in [-0.05, 0) is 30.3 Å². The van der Waals surface area contributed by atoms with Gasteiger partial charge < -0.3 is 0 Å². The van der Waals surface area contributed by atoms with Crippen molar-refractivity contribution in [3.63, 3.8) is 0 Å². The van der Waals surface area contributed by atoms with Crippen LogP contribution in [0.1, 0.15) is 0 Å². The highest BCUT2D eigenvalue weighted by atomic mass is 15.0. The Morgan fingerprint density at radius 2 is 1.39 bits per heavy atom. The van der Waals surface area contributed by atoms with Crippen LogP contribution >= 0.6 is 0 Å². The fourth-order valence-corrected chi connectivity index (χ4v) is 3.32. The molecule has 5 aromatic rings. The second-order valence-electron chi connectivity index (χ2n) is 5.74. The van der Waals surface area contributed by atoms with Crippen LogP contribution in [0, 0.1) is 0 Å². The number of pyridine rings is 1. The first-order valence-corrected chi connectivity index (χ1v) is 7.76.